The van der Waals surface area contributed by atoms with Gasteiger partial charge in [0.15, 0.2) is 0 Å². The summed E-state index contributed by atoms with van der Waals surface area (Å²) in [5.41, 5.74) is 8.04. The summed E-state index contributed by atoms with van der Waals surface area (Å²) < 4.78 is 12.8. The number of allylic oxidation sites excluding steroid dienone is 2. The number of furan rings is 2. The molecule has 0 bridgehead atoms. The maximum absolute atomic E-state index is 6.59. The topological polar surface area (TPSA) is 41.9 Å². The van der Waals surface area contributed by atoms with E-state index in [9.17, 15) is 0 Å². The molecule has 45 heavy (non-hydrogen) atoms. The largest absolute Gasteiger partial charge is 0.456 e. The van der Waals surface area contributed by atoms with E-state index in [1.54, 1.807) is 0 Å². The van der Waals surface area contributed by atoms with Gasteiger partial charge in [0.25, 0.3) is 0 Å². The van der Waals surface area contributed by atoms with Crippen molar-refractivity contribution in [1.29, 1.82) is 0 Å². The Bertz CT molecular complexity index is 2550. The summed E-state index contributed by atoms with van der Waals surface area (Å²) in [5, 5.41) is 6.72. The SMILES string of the molecule is C1=CC2N=C(c3ccc(-c4cc5oc6cc7c(cc6c5c5ccccc45)oc4ccccc47)cc3)N(c3ccccc3)C2C=C1. The molecule has 0 N–H and O–H groups in total. The fraction of sp³-hybridized carbons (Fsp3) is 0.0488. The van der Waals surface area contributed by atoms with Gasteiger partial charge in [-0.25, -0.2) is 0 Å². The van der Waals surface area contributed by atoms with Gasteiger partial charge in [0.2, 0.25) is 0 Å². The number of benzene rings is 6. The highest BCUT2D eigenvalue weighted by atomic mass is 16.3. The first kappa shape index (κ1) is 24.6. The summed E-state index contributed by atoms with van der Waals surface area (Å²) >= 11 is 0. The highest BCUT2D eigenvalue weighted by Gasteiger charge is 2.35. The third kappa shape index (κ3) is 3.63. The van der Waals surface area contributed by atoms with E-state index in [1.165, 1.54) is 10.8 Å². The van der Waals surface area contributed by atoms with Crippen LogP contribution in [0.3, 0.4) is 0 Å². The number of amidine groups is 1. The van der Waals surface area contributed by atoms with Crippen molar-refractivity contribution in [2.75, 3.05) is 4.90 Å². The summed E-state index contributed by atoms with van der Waals surface area (Å²) in [6.07, 6.45) is 8.66. The van der Waals surface area contributed by atoms with Gasteiger partial charge in [-0.1, -0.05) is 109 Å². The minimum absolute atomic E-state index is 0.101. The molecule has 2 unspecified atom stereocenters. The van der Waals surface area contributed by atoms with Gasteiger partial charge in [-0.3, -0.25) is 4.99 Å². The van der Waals surface area contributed by atoms with E-state index in [0.29, 0.717) is 0 Å². The molecule has 2 aromatic heterocycles. The van der Waals surface area contributed by atoms with Crippen LogP contribution in [-0.2, 0) is 0 Å². The molecule has 6 aromatic carbocycles. The summed E-state index contributed by atoms with van der Waals surface area (Å²) in [7, 11) is 0. The van der Waals surface area contributed by atoms with Crippen LogP contribution in [-0.4, -0.2) is 17.9 Å². The Morgan fingerprint density at radius 3 is 2.04 bits per heavy atom. The van der Waals surface area contributed by atoms with E-state index < -0.39 is 0 Å². The zero-order chi connectivity index (χ0) is 29.5. The lowest BCUT2D eigenvalue weighted by Crippen LogP contribution is -2.39. The number of hydrogen-bond acceptors (Lipinski definition) is 4. The van der Waals surface area contributed by atoms with E-state index in [1.807, 2.05) is 18.2 Å². The molecule has 1 aliphatic heterocycles. The molecule has 2 aliphatic rings. The maximum Gasteiger partial charge on any atom is 0.136 e. The van der Waals surface area contributed by atoms with Crippen LogP contribution in [0.4, 0.5) is 5.69 Å². The van der Waals surface area contributed by atoms with Gasteiger partial charge in [-0.15, -0.1) is 0 Å². The first-order valence-electron chi connectivity index (χ1n) is 15.4. The second-order valence-electron chi connectivity index (χ2n) is 11.9. The number of fused-ring (bicyclic) bond motifs is 9. The van der Waals surface area contributed by atoms with Gasteiger partial charge < -0.3 is 13.7 Å². The number of hydrogen-bond donors (Lipinski definition) is 0. The zero-order valence-electron chi connectivity index (χ0n) is 24.2. The minimum Gasteiger partial charge on any atom is -0.456 e. The lowest BCUT2D eigenvalue weighted by Gasteiger charge is -2.29. The van der Waals surface area contributed by atoms with E-state index in [-0.39, 0.29) is 12.1 Å². The predicted molar refractivity (Wildman–Crippen MR) is 185 cm³/mol. The predicted octanol–water partition coefficient (Wildman–Crippen LogP) is 10.4. The van der Waals surface area contributed by atoms with Crippen LogP contribution in [0.5, 0.6) is 0 Å². The van der Waals surface area contributed by atoms with Crippen molar-refractivity contribution in [2.45, 2.75) is 12.1 Å². The highest BCUT2D eigenvalue weighted by Crippen LogP contribution is 2.42. The first-order chi connectivity index (χ1) is 22.3. The second-order valence-corrected chi connectivity index (χ2v) is 11.9. The van der Waals surface area contributed by atoms with Crippen molar-refractivity contribution >= 4 is 66.2 Å². The maximum atomic E-state index is 6.59. The van der Waals surface area contributed by atoms with Gasteiger partial charge in [0, 0.05) is 32.8 Å². The third-order valence-corrected chi connectivity index (χ3v) is 9.34. The fourth-order valence-corrected chi connectivity index (χ4v) is 7.28. The Hall–Kier alpha value is -5.87. The van der Waals surface area contributed by atoms with Crippen LogP contribution in [0.1, 0.15) is 5.56 Å². The number of rotatable bonds is 3. The molecule has 0 amide bonds. The Morgan fingerprint density at radius 1 is 0.511 bits per heavy atom. The average molecular weight is 579 g/mol. The second kappa shape index (κ2) is 9.31. The smallest absolute Gasteiger partial charge is 0.136 e. The molecule has 8 aromatic rings. The molecule has 0 saturated carbocycles. The van der Waals surface area contributed by atoms with E-state index in [0.717, 1.165) is 72.1 Å². The molecule has 4 heteroatoms. The molecule has 3 heterocycles. The molecule has 0 radical (unpaired) electrons. The van der Waals surface area contributed by atoms with Crippen molar-refractivity contribution in [3.63, 3.8) is 0 Å². The van der Waals surface area contributed by atoms with E-state index >= 15 is 0 Å². The Kier molecular flexibility index (Phi) is 5.08. The van der Waals surface area contributed by atoms with Crippen LogP contribution in [0.25, 0.3) is 65.8 Å². The quantitative estimate of drug-likeness (QED) is 0.209. The van der Waals surface area contributed by atoms with Crippen molar-refractivity contribution in [2.24, 2.45) is 4.99 Å². The monoisotopic (exact) mass is 578 g/mol. The molecule has 1 aliphatic carbocycles. The first-order valence-corrected chi connectivity index (χ1v) is 15.4. The van der Waals surface area contributed by atoms with Crippen LogP contribution >= 0.6 is 0 Å². The molecule has 0 saturated heterocycles. The summed E-state index contributed by atoms with van der Waals surface area (Å²) in [4.78, 5) is 7.53. The van der Waals surface area contributed by atoms with E-state index in [2.05, 4.69) is 132 Å². The summed E-state index contributed by atoms with van der Waals surface area (Å²) in [6.45, 7) is 0. The molecule has 10 rings (SSSR count). The standard InChI is InChI=1S/C41H26N2O2/c1-2-10-27(11-3-1)43-35-16-8-7-15-34(35)42-41(43)26-20-18-25(19-21-26)31-22-39-40(30-14-5-4-12-28(30)31)33-24-37-32(23-38(33)45-39)29-13-6-9-17-36(29)44-37/h1-24,34-35H. The van der Waals surface area contributed by atoms with Gasteiger partial charge >= 0.3 is 0 Å². The number of anilines is 1. The Labute approximate surface area is 258 Å². The van der Waals surface area contributed by atoms with Crippen LogP contribution in [0, 0.1) is 0 Å². The summed E-state index contributed by atoms with van der Waals surface area (Å²) in [6, 6.07) is 42.9. The van der Waals surface area contributed by atoms with Crippen LogP contribution in [0.15, 0.2) is 159 Å². The van der Waals surface area contributed by atoms with Gasteiger partial charge in [0.1, 0.15) is 28.2 Å². The molecule has 4 nitrogen and oxygen atoms in total. The summed E-state index contributed by atoms with van der Waals surface area (Å²) in [5.74, 6) is 0.994. The lowest BCUT2D eigenvalue weighted by molar-refractivity contribution is 0.664. The van der Waals surface area contributed by atoms with Gasteiger partial charge in [-0.2, -0.15) is 0 Å². The van der Waals surface area contributed by atoms with Gasteiger partial charge in [-0.05, 0) is 58.3 Å². The zero-order valence-corrected chi connectivity index (χ0v) is 24.2. The normalized spacial score (nSPS) is 17.7. The Morgan fingerprint density at radius 2 is 1.18 bits per heavy atom. The Balaban J connectivity index is 1.11. The van der Waals surface area contributed by atoms with Crippen molar-refractivity contribution in [3.05, 3.63) is 151 Å². The van der Waals surface area contributed by atoms with Crippen LogP contribution in [0.2, 0.25) is 0 Å². The molecule has 0 spiro atoms. The molecule has 2 atom stereocenters. The molecule has 0 fully saturated rings. The van der Waals surface area contributed by atoms with E-state index in [4.69, 9.17) is 13.8 Å². The minimum atomic E-state index is 0.101. The highest BCUT2D eigenvalue weighted by molar-refractivity contribution is 6.24. The molecule has 212 valence electrons. The number of aliphatic imine (C=N–C) groups is 1. The third-order valence-electron chi connectivity index (χ3n) is 9.34. The van der Waals surface area contributed by atoms with Crippen molar-refractivity contribution in [3.8, 4) is 11.1 Å². The van der Waals surface area contributed by atoms with Crippen molar-refractivity contribution < 1.29 is 8.83 Å². The number of nitrogens with zero attached hydrogens (tertiary/aromatic N) is 2. The van der Waals surface area contributed by atoms with Crippen molar-refractivity contribution in [1.82, 2.24) is 0 Å². The number of para-hydroxylation sites is 2. The lowest BCUT2D eigenvalue weighted by atomic mass is 9.94. The molecular weight excluding hydrogens is 552 g/mol. The van der Waals surface area contributed by atoms with Gasteiger partial charge in [0.05, 0.1) is 12.1 Å². The molecular formula is C41H26N2O2. The average Bonchev–Trinajstić information content (AvgIpc) is 3.78. The van der Waals surface area contributed by atoms with Crippen LogP contribution < -0.4 is 4.90 Å². The fourth-order valence-electron chi connectivity index (χ4n) is 7.28.